The standard InChI is InChI=1S/C6H10S4/c1-3-7-5-9-10-6-8-4-2/h3-4H,1-2,5-6H2. The van der Waals surface area contributed by atoms with E-state index in [1.54, 1.807) is 23.5 Å². The Balaban J connectivity index is 2.76. The average Bonchev–Trinajstić information content (AvgIpc) is 1.97. The lowest BCUT2D eigenvalue weighted by molar-refractivity contribution is 2.28. The van der Waals surface area contributed by atoms with Crippen LogP contribution in [0, 0.1) is 0 Å². The molecule has 0 fully saturated rings. The van der Waals surface area contributed by atoms with Crippen molar-refractivity contribution in [2.24, 2.45) is 0 Å². The van der Waals surface area contributed by atoms with Gasteiger partial charge >= 0.3 is 0 Å². The highest BCUT2D eigenvalue weighted by atomic mass is 33.1. The molecular weight excluding hydrogens is 200 g/mol. The van der Waals surface area contributed by atoms with Gasteiger partial charge in [0.05, 0.1) is 10.2 Å². The van der Waals surface area contributed by atoms with Gasteiger partial charge in [-0.1, -0.05) is 34.7 Å². The highest BCUT2D eigenvalue weighted by Gasteiger charge is 1.86. The molecule has 0 aliphatic heterocycles. The zero-order valence-corrected chi connectivity index (χ0v) is 8.88. The van der Waals surface area contributed by atoms with Crippen LogP contribution in [0.2, 0.25) is 0 Å². The van der Waals surface area contributed by atoms with E-state index in [1.807, 2.05) is 32.4 Å². The summed E-state index contributed by atoms with van der Waals surface area (Å²) < 4.78 is 0. The predicted octanol–water partition coefficient (Wildman–Crippen LogP) is 4.04. The van der Waals surface area contributed by atoms with Gasteiger partial charge in [0.2, 0.25) is 0 Å². The minimum atomic E-state index is 1.09. The molecule has 0 nitrogen and oxygen atoms in total. The largest absolute Gasteiger partial charge is 0.123 e. The number of hydrogen-bond acceptors (Lipinski definition) is 4. The monoisotopic (exact) mass is 210 g/mol. The Kier molecular flexibility index (Phi) is 10.7. The van der Waals surface area contributed by atoms with E-state index in [4.69, 9.17) is 0 Å². The topological polar surface area (TPSA) is 0 Å². The van der Waals surface area contributed by atoms with Gasteiger partial charge in [0.25, 0.3) is 0 Å². The van der Waals surface area contributed by atoms with E-state index in [0.29, 0.717) is 0 Å². The fourth-order valence-corrected chi connectivity index (χ4v) is 4.20. The summed E-state index contributed by atoms with van der Waals surface area (Å²) in [5.41, 5.74) is 0. The second kappa shape index (κ2) is 9.88. The highest BCUT2D eigenvalue weighted by molar-refractivity contribution is 8.79. The Hall–Kier alpha value is 0.880. The minimum absolute atomic E-state index is 1.09. The minimum Gasteiger partial charge on any atom is -0.123 e. The van der Waals surface area contributed by atoms with Gasteiger partial charge in [-0.2, -0.15) is 0 Å². The van der Waals surface area contributed by atoms with Gasteiger partial charge in [-0.05, 0) is 10.8 Å². The average molecular weight is 210 g/mol. The summed E-state index contributed by atoms with van der Waals surface area (Å²) >= 11 is 3.47. The van der Waals surface area contributed by atoms with Crippen LogP contribution in [0.1, 0.15) is 0 Å². The molecule has 0 aliphatic rings. The van der Waals surface area contributed by atoms with Crippen LogP contribution in [-0.2, 0) is 0 Å². The molecule has 0 N–H and O–H groups in total. The second-order valence-electron chi connectivity index (χ2n) is 1.14. The molecule has 0 spiro atoms. The van der Waals surface area contributed by atoms with E-state index < -0.39 is 0 Å². The maximum atomic E-state index is 3.61. The molecule has 4 heteroatoms. The maximum Gasteiger partial charge on any atom is 0.0537 e. The number of hydrogen-bond donors (Lipinski definition) is 0. The molecule has 0 aliphatic carbocycles. The third kappa shape index (κ3) is 8.88. The number of rotatable bonds is 7. The van der Waals surface area contributed by atoms with Gasteiger partial charge in [0.1, 0.15) is 0 Å². The Bertz CT molecular complexity index is 79.7. The van der Waals surface area contributed by atoms with Crippen molar-refractivity contribution in [2.75, 3.05) is 10.2 Å². The van der Waals surface area contributed by atoms with E-state index in [2.05, 4.69) is 13.2 Å². The highest BCUT2D eigenvalue weighted by Crippen LogP contribution is 2.29. The Morgan fingerprint density at radius 2 is 1.30 bits per heavy atom. The van der Waals surface area contributed by atoms with E-state index >= 15 is 0 Å². The number of thioether (sulfide) groups is 2. The van der Waals surface area contributed by atoms with Crippen LogP contribution in [0.5, 0.6) is 0 Å². The molecule has 0 aromatic carbocycles. The Labute approximate surface area is 79.1 Å². The quantitative estimate of drug-likeness (QED) is 0.353. The maximum absolute atomic E-state index is 3.61. The first-order chi connectivity index (χ1) is 4.91. The Morgan fingerprint density at radius 3 is 1.60 bits per heavy atom. The lowest BCUT2D eigenvalue weighted by Gasteiger charge is -1.94. The summed E-state index contributed by atoms with van der Waals surface area (Å²) in [6.45, 7) is 7.23. The molecule has 10 heavy (non-hydrogen) atoms. The van der Waals surface area contributed by atoms with Crippen LogP contribution in [0.25, 0.3) is 0 Å². The fraction of sp³-hybridized carbons (Fsp3) is 0.333. The lowest BCUT2D eigenvalue weighted by Crippen LogP contribution is -1.62. The van der Waals surface area contributed by atoms with Crippen molar-refractivity contribution >= 4 is 45.1 Å². The van der Waals surface area contributed by atoms with Gasteiger partial charge in [-0.25, -0.2) is 0 Å². The van der Waals surface area contributed by atoms with Crippen LogP contribution >= 0.6 is 45.1 Å². The zero-order chi connectivity index (χ0) is 7.66. The van der Waals surface area contributed by atoms with Crippen LogP contribution in [0.4, 0.5) is 0 Å². The summed E-state index contributed by atoms with van der Waals surface area (Å²) in [5, 5.41) is 5.92. The van der Waals surface area contributed by atoms with Crippen molar-refractivity contribution < 1.29 is 0 Å². The van der Waals surface area contributed by atoms with E-state index in [-0.39, 0.29) is 0 Å². The molecule has 0 amide bonds. The lowest BCUT2D eigenvalue weighted by atomic mass is 11.3. The van der Waals surface area contributed by atoms with Crippen molar-refractivity contribution in [1.29, 1.82) is 0 Å². The third-order valence-corrected chi connectivity index (χ3v) is 5.28. The van der Waals surface area contributed by atoms with Crippen molar-refractivity contribution in [1.82, 2.24) is 0 Å². The van der Waals surface area contributed by atoms with Crippen molar-refractivity contribution in [3.8, 4) is 0 Å². The van der Waals surface area contributed by atoms with E-state index in [9.17, 15) is 0 Å². The summed E-state index contributed by atoms with van der Waals surface area (Å²) in [7, 11) is 3.72. The molecule has 0 aromatic rings. The van der Waals surface area contributed by atoms with Crippen LogP contribution < -0.4 is 0 Å². The normalized spacial score (nSPS) is 9.20. The smallest absolute Gasteiger partial charge is 0.0537 e. The van der Waals surface area contributed by atoms with Crippen LogP contribution in [0.15, 0.2) is 24.0 Å². The molecule has 0 aromatic heterocycles. The molecule has 0 rings (SSSR count). The Morgan fingerprint density at radius 1 is 0.900 bits per heavy atom. The van der Waals surface area contributed by atoms with Crippen molar-refractivity contribution in [2.45, 2.75) is 0 Å². The summed E-state index contributed by atoms with van der Waals surface area (Å²) in [4.78, 5) is 0. The molecule has 0 saturated carbocycles. The molecule has 0 radical (unpaired) electrons. The van der Waals surface area contributed by atoms with Gasteiger partial charge in [0, 0.05) is 0 Å². The van der Waals surface area contributed by atoms with E-state index in [1.165, 1.54) is 0 Å². The SMILES string of the molecule is C=CSCSSCSC=C. The second-order valence-corrected chi connectivity index (χ2v) is 6.24. The molecule has 0 heterocycles. The first-order valence-corrected chi connectivity index (χ1v) is 7.19. The van der Waals surface area contributed by atoms with Crippen LogP contribution in [-0.4, -0.2) is 10.2 Å². The summed E-state index contributed by atoms with van der Waals surface area (Å²) in [5.74, 6) is 0. The molecular formula is C6H10S4. The first kappa shape index (κ1) is 10.9. The van der Waals surface area contributed by atoms with Gasteiger partial charge in [-0.15, -0.1) is 23.5 Å². The van der Waals surface area contributed by atoms with Crippen molar-refractivity contribution in [3.05, 3.63) is 24.0 Å². The third-order valence-electron chi connectivity index (χ3n) is 0.551. The zero-order valence-electron chi connectivity index (χ0n) is 5.62. The fourth-order valence-electron chi connectivity index (χ4n) is 0.220. The first-order valence-electron chi connectivity index (χ1n) is 2.61. The van der Waals surface area contributed by atoms with Crippen molar-refractivity contribution in [3.63, 3.8) is 0 Å². The molecule has 0 unspecified atom stereocenters. The van der Waals surface area contributed by atoms with E-state index in [0.717, 1.165) is 10.2 Å². The van der Waals surface area contributed by atoms with Crippen LogP contribution in [0.3, 0.4) is 0 Å². The predicted molar refractivity (Wildman–Crippen MR) is 60.5 cm³/mol. The van der Waals surface area contributed by atoms with Gasteiger partial charge in [0.15, 0.2) is 0 Å². The summed E-state index contributed by atoms with van der Waals surface area (Å²) in [6, 6.07) is 0. The van der Waals surface area contributed by atoms with Gasteiger partial charge in [-0.3, -0.25) is 0 Å². The molecule has 0 bridgehead atoms. The molecule has 58 valence electrons. The molecule has 0 saturated heterocycles. The summed E-state index contributed by atoms with van der Waals surface area (Å²) in [6.07, 6.45) is 0. The molecule has 0 atom stereocenters. The van der Waals surface area contributed by atoms with Gasteiger partial charge < -0.3 is 0 Å².